The van der Waals surface area contributed by atoms with Crippen molar-refractivity contribution >= 4 is 28.5 Å². The second-order valence-electron chi connectivity index (χ2n) is 5.88. The van der Waals surface area contributed by atoms with Crippen molar-refractivity contribution in [1.29, 1.82) is 0 Å². The number of aromatic nitrogens is 1. The molecule has 0 spiro atoms. The fourth-order valence-corrected chi connectivity index (χ4v) is 3.75. The summed E-state index contributed by atoms with van der Waals surface area (Å²) in [5, 5.41) is 0.648. The van der Waals surface area contributed by atoms with Gasteiger partial charge in [-0.05, 0) is 37.6 Å². The van der Waals surface area contributed by atoms with Gasteiger partial charge in [-0.2, -0.15) is 0 Å². The summed E-state index contributed by atoms with van der Waals surface area (Å²) in [6.07, 6.45) is 2.51. The molecule has 1 saturated heterocycles. The zero-order valence-electron chi connectivity index (χ0n) is 16.2. The number of thioether (sulfide) groups is 1. The lowest BCUT2D eigenvalue weighted by Gasteiger charge is -2.28. The number of hydrogen-bond donors (Lipinski definition) is 0. The summed E-state index contributed by atoms with van der Waals surface area (Å²) >= 11 is 1.55. The Bertz CT molecular complexity index is 872. The molecule has 1 fully saturated rings. The van der Waals surface area contributed by atoms with Crippen molar-refractivity contribution in [1.82, 2.24) is 9.88 Å². The Morgan fingerprint density at radius 1 is 1.25 bits per heavy atom. The molecule has 0 radical (unpaired) electrons. The van der Waals surface area contributed by atoms with Crippen LogP contribution in [0.3, 0.4) is 0 Å². The van der Waals surface area contributed by atoms with Gasteiger partial charge >= 0.3 is 0 Å². The first-order chi connectivity index (χ1) is 13.7. The molecule has 7 nitrogen and oxygen atoms in total. The maximum atomic E-state index is 13.2. The van der Waals surface area contributed by atoms with Crippen LogP contribution < -0.4 is 14.2 Å². The van der Waals surface area contributed by atoms with Crippen molar-refractivity contribution in [2.75, 3.05) is 33.1 Å². The highest BCUT2D eigenvalue weighted by atomic mass is 32.2. The van der Waals surface area contributed by atoms with Crippen LogP contribution in [0.4, 0.5) is 5.69 Å². The molecule has 1 aromatic heterocycles. The molecule has 0 saturated carbocycles. The minimum atomic E-state index is -0.164. The smallest absolute Gasteiger partial charge is 0.265 e. The highest BCUT2D eigenvalue weighted by Crippen LogP contribution is 2.33. The summed E-state index contributed by atoms with van der Waals surface area (Å²) in [6, 6.07) is 8.89. The van der Waals surface area contributed by atoms with Crippen LogP contribution in [0, 0.1) is 0 Å². The number of amides is 1. The number of amidine groups is 1. The van der Waals surface area contributed by atoms with E-state index in [2.05, 4.69) is 4.98 Å². The predicted octanol–water partition coefficient (Wildman–Crippen LogP) is 3.76. The van der Waals surface area contributed by atoms with Crippen molar-refractivity contribution < 1.29 is 19.0 Å². The standard InChI is InChI=1S/C20H23N3O4S/c1-4-27-18-15(7-5-10-21-18)19(24)23-11-6-12-28-20(23)22-14-8-9-16(25-2)17(13-14)26-3/h5,7-10,13H,4,6,11-12H2,1-3H3. The zero-order chi connectivity index (χ0) is 19.9. The molecule has 1 aromatic carbocycles. The van der Waals surface area contributed by atoms with Crippen LogP contribution in [0.1, 0.15) is 23.7 Å². The summed E-state index contributed by atoms with van der Waals surface area (Å²) in [7, 11) is 3.17. The minimum absolute atomic E-state index is 0.164. The molecule has 2 heterocycles. The summed E-state index contributed by atoms with van der Waals surface area (Å²) in [4.78, 5) is 23.8. The summed E-state index contributed by atoms with van der Waals surface area (Å²) in [6.45, 7) is 2.90. The highest BCUT2D eigenvalue weighted by molar-refractivity contribution is 8.13. The first-order valence-corrected chi connectivity index (χ1v) is 9.99. The van der Waals surface area contributed by atoms with E-state index in [1.54, 1.807) is 61.3 Å². The van der Waals surface area contributed by atoms with E-state index < -0.39 is 0 Å². The number of carbonyl (C=O) groups is 1. The van der Waals surface area contributed by atoms with Crippen molar-refractivity contribution in [3.63, 3.8) is 0 Å². The average molecular weight is 401 g/mol. The van der Waals surface area contributed by atoms with Crippen LogP contribution in [0.25, 0.3) is 0 Å². The molecule has 0 aliphatic carbocycles. The number of rotatable bonds is 6. The molecule has 8 heteroatoms. The van der Waals surface area contributed by atoms with Gasteiger partial charge in [-0.25, -0.2) is 9.98 Å². The van der Waals surface area contributed by atoms with Crippen LogP contribution >= 0.6 is 11.8 Å². The van der Waals surface area contributed by atoms with Crippen molar-refractivity contribution in [2.24, 2.45) is 4.99 Å². The van der Waals surface area contributed by atoms with E-state index in [4.69, 9.17) is 19.2 Å². The molecular weight excluding hydrogens is 378 g/mol. The number of nitrogens with zero attached hydrogens (tertiary/aromatic N) is 3. The molecular formula is C20H23N3O4S. The molecule has 1 aliphatic heterocycles. The van der Waals surface area contributed by atoms with Gasteiger partial charge in [0.25, 0.3) is 5.91 Å². The Balaban J connectivity index is 1.92. The van der Waals surface area contributed by atoms with Gasteiger partial charge in [0.15, 0.2) is 16.7 Å². The first-order valence-electron chi connectivity index (χ1n) is 9.01. The molecule has 0 N–H and O–H groups in total. The summed E-state index contributed by atoms with van der Waals surface area (Å²) < 4.78 is 16.1. The third-order valence-electron chi connectivity index (χ3n) is 4.11. The van der Waals surface area contributed by atoms with E-state index in [1.165, 1.54) is 0 Å². The Labute approximate surface area is 168 Å². The number of aliphatic imine (C=N–C) groups is 1. The van der Waals surface area contributed by atoms with Gasteiger partial charge in [-0.3, -0.25) is 9.69 Å². The molecule has 3 rings (SSSR count). The van der Waals surface area contributed by atoms with Gasteiger partial charge in [0.05, 0.1) is 26.5 Å². The van der Waals surface area contributed by atoms with E-state index in [1.807, 2.05) is 13.0 Å². The van der Waals surface area contributed by atoms with Crippen molar-refractivity contribution in [3.05, 3.63) is 42.1 Å². The summed E-state index contributed by atoms with van der Waals surface area (Å²) in [5.74, 6) is 2.31. The Kier molecular flexibility index (Phi) is 6.76. The Morgan fingerprint density at radius 3 is 2.82 bits per heavy atom. The van der Waals surface area contributed by atoms with E-state index >= 15 is 0 Å². The van der Waals surface area contributed by atoms with Gasteiger partial charge in [-0.15, -0.1) is 0 Å². The van der Waals surface area contributed by atoms with E-state index in [0.29, 0.717) is 46.9 Å². The largest absolute Gasteiger partial charge is 0.493 e. The molecule has 0 unspecified atom stereocenters. The number of hydrogen-bond acceptors (Lipinski definition) is 7. The normalized spacial score (nSPS) is 15.4. The topological polar surface area (TPSA) is 73.2 Å². The maximum Gasteiger partial charge on any atom is 0.265 e. The molecule has 148 valence electrons. The third-order valence-corrected chi connectivity index (χ3v) is 5.17. The lowest BCUT2D eigenvalue weighted by atomic mass is 10.2. The minimum Gasteiger partial charge on any atom is -0.493 e. The van der Waals surface area contributed by atoms with E-state index in [9.17, 15) is 4.79 Å². The second-order valence-corrected chi connectivity index (χ2v) is 6.94. The van der Waals surface area contributed by atoms with Crippen molar-refractivity contribution in [3.8, 4) is 17.4 Å². The average Bonchev–Trinajstić information content (AvgIpc) is 2.74. The zero-order valence-corrected chi connectivity index (χ0v) is 17.0. The number of carbonyl (C=O) groups excluding carboxylic acids is 1. The number of methoxy groups -OCH3 is 2. The maximum absolute atomic E-state index is 13.2. The third kappa shape index (κ3) is 4.39. The number of ether oxygens (including phenoxy) is 3. The van der Waals surface area contributed by atoms with Crippen LogP contribution in [-0.4, -0.2) is 54.1 Å². The number of benzene rings is 1. The fourth-order valence-electron chi connectivity index (χ4n) is 2.80. The first kappa shape index (κ1) is 20.0. The molecule has 1 aliphatic rings. The Morgan fingerprint density at radius 2 is 2.07 bits per heavy atom. The SMILES string of the molecule is CCOc1ncccc1C(=O)N1CCCSC1=Nc1ccc(OC)c(OC)c1. The molecule has 1 amide bonds. The molecule has 0 atom stereocenters. The molecule has 28 heavy (non-hydrogen) atoms. The van der Waals surface area contributed by atoms with Gasteiger partial charge < -0.3 is 14.2 Å². The van der Waals surface area contributed by atoms with Gasteiger partial charge in [0.2, 0.25) is 5.88 Å². The van der Waals surface area contributed by atoms with Crippen LogP contribution in [0.2, 0.25) is 0 Å². The van der Waals surface area contributed by atoms with Gasteiger partial charge in [-0.1, -0.05) is 11.8 Å². The Hall–Kier alpha value is -2.74. The number of pyridine rings is 1. The lowest BCUT2D eigenvalue weighted by molar-refractivity contribution is 0.0844. The quantitative estimate of drug-likeness (QED) is 0.734. The molecule has 2 aromatic rings. The second kappa shape index (κ2) is 9.45. The highest BCUT2D eigenvalue weighted by Gasteiger charge is 2.27. The van der Waals surface area contributed by atoms with Crippen molar-refractivity contribution in [2.45, 2.75) is 13.3 Å². The van der Waals surface area contributed by atoms with E-state index in [0.717, 1.165) is 12.2 Å². The van der Waals surface area contributed by atoms with E-state index in [-0.39, 0.29) is 5.91 Å². The monoisotopic (exact) mass is 401 g/mol. The van der Waals surface area contributed by atoms with Crippen LogP contribution in [0.5, 0.6) is 17.4 Å². The molecule has 0 bridgehead atoms. The van der Waals surface area contributed by atoms with Gasteiger partial charge in [0, 0.05) is 24.6 Å². The predicted molar refractivity (Wildman–Crippen MR) is 110 cm³/mol. The summed E-state index contributed by atoms with van der Waals surface area (Å²) in [5.41, 5.74) is 1.13. The van der Waals surface area contributed by atoms with Crippen LogP contribution in [-0.2, 0) is 0 Å². The van der Waals surface area contributed by atoms with Crippen LogP contribution in [0.15, 0.2) is 41.5 Å². The van der Waals surface area contributed by atoms with Gasteiger partial charge in [0.1, 0.15) is 5.56 Å². The lowest BCUT2D eigenvalue weighted by Crippen LogP contribution is -2.39. The fraction of sp³-hybridized carbons (Fsp3) is 0.350.